The van der Waals surface area contributed by atoms with E-state index in [1.165, 1.54) is 23.2 Å². The minimum atomic E-state index is 0.0676. The molecule has 114 valence electrons. The van der Waals surface area contributed by atoms with Gasteiger partial charge in [0.05, 0.1) is 6.04 Å². The van der Waals surface area contributed by atoms with Crippen LogP contribution in [0.3, 0.4) is 0 Å². The smallest absolute Gasteiger partial charge is 0.226 e. The average Bonchev–Trinajstić information content (AvgIpc) is 2.93. The van der Waals surface area contributed by atoms with Crippen molar-refractivity contribution in [1.29, 1.82) is 0 Å². The second-order valence-corrected chi connectivity index (χ2v) is 6.55. The molecular weight excluding hydrogens is 272 g/mol. The summed E-state index contributed by atoms with van der Waals surface area (Å²) in [6.45, 7) is 3.86. The molecule has 0 spiro atoms. The average molecular weight is 294 g/mol. The molecule has 1 atom stereocenters. The number of carbonyl (C=O) groups is 1. The summed E-state index contributed by atoms with van der Waals surface area (Å²) in [6, 6.07) is 12.8. The molecule has 0 unspecified atom stereocenters. The highest BCUT2D eigenvalue weighted by Gasteiger charge is 2.37. The SMILES string of the molecule is Cc1ccccc1[C@@H]1c2cccn2CCN1C(=O)C1CCC1. The Morgan fingerprint density at radius 2 is 1.91 bits per heavy atom. The molecule has 1 saturated carbocycles. The van der Waals surface area contributed by atoms with Crippen molar-refractivity contribution in [3.05, 3.63) is 59.4 Å². The minimum absolute atomic E-state index is 0.0676. The van der Waals surface area contributed by atoms with Gasteiger partial charge >= 0.3 is 0 Å². The highest BCUT2D eigenvalue weighted by molar-refractivity contribution is 5.80. The Kier molecular flexibility index (Phi) is 3.29. The molecule has 1 amide bonds. The Balaban J connectivity index is 1.78. The van der Waals surface area contributed by atoms with E-state index in [1.54, 1.807) is 0 Å². The van der Waals surface area contributed by atoms with Gasteiger partial charge < -0.3 is 9.47 Å². The molecule has 2 aromatic rings. The largest absolute Gasteiger partial charge is 0.348 e. The first-order valence-corrected chi connectivity index (χ1v) is 8.27. The van der Waals surface area contributed by atoms with Crippen molar-refractivity contribution in [2.45, 2.75) is 38.8 Å². The van der Waals surface area contributed by atoms with Crippen LogP contribution in [0, 0.1) is 12.8 Å². The first kappa shape index (κ1) is 13.6. The van der Waals surface area contributed by atoms with E-state index in [0.29, 0.717) is 5.91 Å². The Labute approximate surface area is 131 Å². The number of aryl methyl sites for hydroxylation is 1. The molecule has 0 radical (unpaired) electrons. The van der Waals surface area contributed by atoms with Gasteiger partial charge in [-0.15, -0.1) is 0 Å². The first-order valence-electron chi connectivity index (χ1n) is 8.27. The van der Waals surface area contributed by atoms with Crippen LogP contribution < -0.4 is 0 Å². The first-order chi connectivity index (χ1) is 10.8. The van der Waals surface area contributed by atoms with Crippen molar-refractivity contribution < 1.29 is 4.79 Å². The lowest BCUT2D eigenvalue weighted by Crippen LogP contribution is -2.46. The van der Waals surface area contributed by atoms with Gasteiger partial charge in [-0.2, -0.15) is 0 Å². The second kappa shape index (κ2) is 5.31. The lowest BCUT2D eigenvalue weighted by Gasteiger charge is -2.41. The maximum absolute atomic E-state index is 12.9. The molecule has 1 aromatic heterocycles. The van der Waals surface area contributed by atoms with Gasteiger partial charge in [-0.3, -0.25) is 4.79 Å². The Bertz CT molecular complexity index is 699. The Morgan fingerprint density at radius 3 is 2.64 bits per heavy atom. The lowest BCUT2D eigenvalue weighted by molar-refractivity contribution is -0.141. The van der Waals surface area contributed by atoms with Crippen molar-refractivity contribution in [2.75, 3.05) is 6.54 Å². The summed E-state index contributed by atoms with van der Waals surface area (Å²) < 4.78 is 2.29. The molecule has 2 heterocycles. The van der Waals surface area contributed by atoms with E-state index in [2.05, 4.69) is 59.0 Å². The van der Waals surface area contributed by atoms with Crippen LogP contribution in [0.5, 0.6) is 0 Å². The molecule has 1 aliphatic heterocycles. The van der Waals surface area contributed by atoms with Gasteiger partial charge in [0.2, 0.25) is 5.91 Å². The van der Waals surface area contributed by atoms with Crippen LogP contribution in [0.2, 0.25) is 0 Å². The summed E-state index contributed by atoms with van der Waals surface area (Å²) >= 11 is 0. The van der Waals surface area contributed by atoms with Crippen LogP contribution in [0.4, 0.5) is 0 Å². The van der Waals surface area contributed by atoms with Crippen LogP contribution in [-0.2, 0) is 11.3 Å². The maximum Gasteiger partial charge on any atom is 0.226 e. The van der Waals surface area contributed by atoms with E-state index in [4.69, 9.17) is 0 Å². The van der Waals surface area contributed by atoms with E-state index in [-0.39, 0.29) is 12.0 Å². The predicted octanol–water partition coefficient (Wildman–Crippen LogP) is 3.53. The van der Waals surface area contributed by atoms with Crippen LogP contribution in [0.1, 0.15) is 42.1 Å². The van der Waals surface area contributed by atoms with E-state index < -0.39 is 0 Å². The van der Waals surface area contributed by atoms with Gasteiger partial charge in [-0.05, 0) is 43.0 Å². The predicted molar refractivity (Wildman–Crippen MR) is 86.5 cm³/mol. The molecule has 1 aliphatic carbocycles. The van der Waals surface area contributed by atoms with Crippen LogP contribution in [0.15, 0.2) is 42.6 Å². The third kappa shape index (κ3) is 2.07. The van der Waals surface area contributed by atoms with E-state index in [9.17, 15) is 4.79 Å². The molecule has 1 aromatic carbocycles. The molecule has 0 saturated heterocycles. The lowest BCUT2D eigenvalue weighted by atomic mass is 9.83. The van der Waals surface area contributed by atoms with Crippen molar-refractivity contribution in [2.24, 2.45) is 5.92 Å². The summed E-state index contributed by atoms with van der Waals surface area (Å²) in [5, 5.41) is 0. The number of benzene rings is 1. The summed E-state index contributed by atoms with van der Waals surface area (Å²) in [5.41, 5.74) is 3.76. The number of carbonyl (C=O) groups excluding carboxylic acids is 1. The number of rotatable bonds is 2. The van der Waals surface area contributed by atoms with Crippen LogP contribution >= 0.6 is 0 Å². The van der Waals surface area contributed by atoms with Crippen molar-refractivity contribution in [3.63, 3.8) is 0 Å². The number of hydrogen-bond acceptors (Lipinski definition) is 1. The van der Waals surface area contributed by atoms with Crippen molar-refractivity contribution in [1.82, 2.24) is 9.47 Å². The molecule has 0 bridgehead atoms. The summed E-state index contributed by atoms with van der Waals surface area (Å²) in [6.07, 6.45) is 5.47. The normalized spacial score (nSPS) is 21.3. The number of hydrogen-bond donors (Lipinski definition) is 0. The standard InChI is InChI=1S/C19H22N2O/c1-14-6-2-3-9-16(14)18-17-10-5-11-20(17)12-13-21(18)19(22)15-7-4-8-15/h2-3,5-6,9-11,15,18H,4,7-8,12-13H2,1H3/t18-/m1/s1. The summed E-state index contributed by atoms with van der Waals surface area (Å²) in [7, 11) is 0. The van der Waals surface area contributed by atoms with Gasteiger partial charge in [0, 0.05) is 30.9 Å². The van der Waals surface area contributed by atoms with Crippen molar-refractivity contribution in [3.8, 4) is 0 Å². The quantitative estimate of drug-likeness (QED) is 0.832. The molecule has 4 rings (SSSR count). The van der Waals surface area contributed by atoms with Gasteiger partial charge in [0.25, 0.3) is 0 Å². The maximum atomic E-state index is 12.9. The number of fused-ring (bicyclic) bond motifs is 1. The van der Waals surface area contributed by atoms with Gasteiger partial charge in [0.1, 0.15) is 0 Å². The number of amides is 1. The summed E-state index contributed by atoms with van der Waals surface area (Å²) in [5.74, 6) is 0.611. The molecule has 2 aliphatic rings. The van der Waals surface area contributed by atoms with E-state index >= 15 is 0 Å². The Hall–Kier alpha value is -2.03. The second-order valence-electron chi connectivity index (χ2n) is 6.55. The van der Waals surface area contributed by atoms with Gasteiger partial charge in [-0.25, -0.2) is 0 Å². The highest BCUT2D eigenvalue weighted by Crippen LogP contribution is 2.37. The molecule has 3 nitrogen and oxygen atoms in total. The zero-order valence-corrected chi connectivity index (χ0v) is 13.0. The van der Waals surface area contributed by atoms with E-state index in [1.807, 2.05) is 0 Å². The molecular formula is C19H22N2O. The number of aromatic nitrogens is 1. The molecule has 22 heavy (non-hydrogen) atoms. The van der Waals surface area contributed by atoms with Crippen LogP contribution in [-0.4, -0.2) is 21.9 Å². The highest BCUT2D eigenvalue weighted by atomic mass is 16.2. The van der Waals surface area contributed by atoms with Crippen LogP contribution in [0.25, 0.3) is 0 Å². The molecule has 0 N–H and O–H groups in total. The Morgan fingerprint density at radius 1 is 1.09 bits per heavy atom. The number of nitrogens with zero attached hydrogens (tertiary/aromatic N) is 2. The molecule has 3 heteroatoms. The van der Waals surface area contributed by atoms with Crippen molar-refractivity contribution >= 4 is 5.91 Å². The third-order valence-corrected chi connectivity index (χ3v) is 5.26. The monoisotopic (exact) mass is 294 g/mol. The zero-order valence-electron chi connectivity index (χ0n) is 13.0. The van der Waals surface area contributed by atoms with E-state index in [0.717, 1.165) is 25.9 Å². The molecule has 1 fully saturated rings. The zero-order chi connectivity index (χ0) is 15.1. The minimum Gasteiger partial charge on any atom is -0.348 e. The fraction of sp³-hybridized carbons (Fsp3) is 0.421. The van der Waals surface area contributed by atoms with Gasteiger partial charge in [0.15, 0.2) is 0 Å². The fourth-order valence-electron chi connectivity index (χ4n) is 3.73. The topological polar surface area (TPSA) is 25.2 Å². The van der Waals surface area contributed by atoms with Gasteiger partial charge in [-0.1, -0.05) is 30.7 Å². The summed E-state index contributed by atoms with van der Waals surface area (Å²) in [4.78, 5) is 15.1. The fourth-order valence-corrected chi connectivity index (χ4v) is 3.73. The third-order valence-electron chi connectivity index (χ3n) is 5.26.